The maximum absolute atomic E-state index is 11.9. The Morgan fingerprint density at radius 2 is 1.89 bits per heavy atom. The molecule has 2 rings (SSSR count). The molecular weight excluding hydrogens is 226 g/mol. The van der Waals surface area contributed by atoms with Crippen LogP contribution in [0, 0.1) is 0 Å². The molecule has 0 heterocycles. The van der Waals surface area contributed by atoms with Gasteiger partial charge in [-0.25, -0.2) is 4.79 Å². The summed E-state index contributed by atoms with van der Waals surface area (Å²) in [6, 6.07) is 10.6. The fraction of sp³-hybridized carbons (Fsp3) is 0.533. The third-order valence-corrected chi connectivity index (χ3v) is 3.41. The SMILES string of the molecule is COC(=O)N(C1CC1c1ccccc1)C(C)(C)C. The Hall–Kier alpha value is -1.51. The molecule has 0 saturated heterocycles. The lowest BCUT2D eigenvalue weighted by atomic mass is 10.1. The average molecular weight is 247 g/mol. The monoisotopic (exact) mass is 247 g/mol. The lowest BCUT2D eigenvalue weighted by Crippen LogP contribution is -2.47. The molecule has 0 bridgehead atoms. The summed E-state index contributed by atoms with van der Waals surface area (Å²) in [5.74, 6) is 0.449. The molecule has 0 spiro atoms. The molecule has 2 unspecified atom stereocenters. The van der Waals surface area contributed by atoms with Crippen molar-refractivity contribution in [2.45, 2.75) is 44.7 Å². The van der Waals surface area contributed by atoms with Gasteiger partial charge in [0.1, 0.15) is 0 Å². The highest BCUT2D eigenvalue weighted by Crippen LogP contribution is 2.47. The molecule has 0 aliphatic heterocycles. The van der Waals surface area contributed by atoms with Crippen LogP contribution in [0.5, 0.6) is 0 Å². The standard InChI is InChI=1S/C15H21NO2/c1-15(2,3)16(14(17)18-4)13-10-12(13)11-8-6-5-7-9-11/h5-9,12-13H,10H2,1-4H3. The van der Waals surface area contributed by atoms with Crippen LogP contribution in [0.4, 0.5) is 4.79 Å². The minimum atomic E-state index is -0.231. The van der Waals surface area contributed by atoms with Gasteiger partial charge in [-0.3, -0.25) is 4.90 Å². The highest BCUT2D eigenvalue weighted by Gasteiger charge is 2.48. The number of carbonyl (C=O) groups excluding carboxylic acids is 1. The van der Waals surface area contributed by atoms with Gasteiger partial charge in [0.2, 0.25) is 0 Å². The molecule has 18 heavy (non-hydrogen) atoms. The van der Waals surface area contributed by atoms with Crippen LogP contribution in [-0.2, 0) is 4.74 Å². The third-order valence-electron chi connectivity index (χ3n) is 3.41. The van der Waals surface area contributed by atoms with Gasteiger partial charge in [-0.15, -0.1) is 0 Å². The van der Waals surface area contributed by atoms with Gasteiger partial charge in [0.15, 0.2) is 0 Å². The smallest absolute Gasteiger partial charge is 0.410 e. The fourth-order valence-corrected chi connectivity index (χ4v) is 2.53. The van der Waals surface area contributed by atoms with Gasteiger partial charge < -0.3 is 4.74 Å². The third kappa shape index (κ3) is 2.50. The number of carbonyl (C=O) groups is 1. The molecule has 98 valence electrons. The molecule has 0 radical (unpaired) electrons. The van der Waals surface area contributed by atoms with E-state index < -0.39 is 0 Å². The topological polar surface area (TPSA) is 29.5 Å². The van der Waals surface area contributed by atoms with Gasteiger partial charge in [-0.05, 0) is 32.8 Å². The highest BCUT2D eigenvalue weighted by molar-refractivity contribution is 5.69. The van der Waals surface area contributed by atoms with Crippen molar-refractivity contribution >= 4 is 6.09 Å². The molecule has 1 aromatic rings. The summed E-state index contributed by atoms with van der Waals surface area (Å²) in [5.41, 5.74) is 1.10. The summed E-state index contributed by atoms with van der Waals surface area (Å²) >= 11 is 0. The van der Waals surface area contributed by atoms with Crippen LogP contribution in [0.1, 0.15) is 38.7 Å². The first-order valence-corrected chi connectivity index (χ1v) is 6.37. The molecule has 1 amide bonds. The van der Waals surface area contributed by atoms with Gasteiger partial charge in [-0.1, -0.05) is 30.3 Å². The Morgan fingerprint density at radius 1 is 1.28 bits per heavy atom. The second kappa shape index (κ2) is 4.63. The van der Waals surface area contributed by atoms with Crippen LogP contribution < -0.4 is 0 Å². The Morgan fingerprint density at radius 3 is 2.39 bits per heavy atom. The summed E-state index contributed by atoms with van der Waals surface area (Å²) in [7, 11) is 1.45. The van der Waals surface area contributed by atoms with Crippen molar-refractivity contribution in [1.29, 1.82) is 0 Å². The Bertz CT molecular complexity index is 422. The van der Waals surface area contributed by atoms with Crippen molar-refractivity contribution in [3.05, 3.63) is 35.9 Å². The first-order valence-electron chi connectivity index (χ1n) is 6.37. The van der Waals surface area contributed by atoms with Gasteiger partial charge >= 0.3 is 6.09 Å². The Kier molecular flexibility index (Phi) is 3.33. The number of methoxy groups -OCH3 is 1. The number of hydrogen-bond donors (Lipinski definition) is 0. The largest absolute Gasteiger partial charge is 0.453 e. The van der Waals surface area contributed by atoms with Crippen molar-refractivity contribution in [2.75, 3.05) is 7.11 Å². The molecule has 3 nitrogen and oxygen atoms in total. The normalized spacial score (nSPS) is 22.4. The van der Waals surface area contributed by atoms with E-state index in [9.17, 15) is 4.79 Å². The molecule has 1 aromatic carbocycles. The number of ether oxygens (including phenoxy) is 1. The van der Waals surface area contributed by atoms with Gasteiger partial charge in [0.05, 0.1) is 7.11 Å². The zero-order valence-electron chi connectivity index (χ0n) is 11.5. The van der Waals surface area contributed by atoms with E-state index in [0.717, 1.165) is 6.42 Å². The minimum absolute atomic E-state index is 0.207. The van der Waals surface area contributed by atoms with Crippen LogP contribution in [0.25, 0.3) is 0 Å². The van der Waals surface area contributed by atoms with E-state index in [2.05, 4.69) is 12.1 Å². The van der Waals surface area contributed by atoms with E-state index in [-0.39, 0.29) is 17.7 Å². The van der Waals surface area contributed by atoms with Crippen LogP contribution in [0.2, 0.25) is 0 Å². The molecular formula is C15H21NO2. The fourth-order valence-electron chi connectivity index (χ4n) is 2.53. The van der Waals surface area contributed by atoms with Crippen molar-refractivity contribution in [2.24, 2.45) is 0 Å². The zero-order chi connectivity index (χ0) is 13.3. The molecule has 0 aromatic heterocycles. The second-order valence-electron chi connectivity index (χ2n) is 5.83. The number of rotatable bonds is 2. The van der Waals surface area contributed by atoms with Gasteiger partial charge in [0.25, 0.3) is 0 Å². The van der Waals surface area contributed by atoms with Crippen LogP contribution in [-0.4, -0.2) is 29.7 Å². The lowest BCUT2D eigenvalue weighted by molar-refractivity contribution is 0.0779. The maximum atomic E-state index is 11.9. The van der Waals surface area contributed by atoms with Crippen molar-refractivity contribution in [3.63, 3.8) is 0 Å². The maximum Gasteiger partial charge on any atom is 0.410 e. The van der Waals surface area contributed by atoms with Crippen molar-refractivity contribution in [3.8, 4) is 0 Å². The summed E-state index contributed by atoms with van der Waals surface area (Å²) in [6.07, 6.45) is 0.794. The summed E-state index contributed by atoms with van der Waals surface area (Å²) < 4.78 is 4.91. The van der Waals surface area contributed by atoms with Gasteiger partial charge in [0, 0.05) is 17.5 Å². The van der Waals surface area contributed by atoms with Crippen LogP contribution >= 0.6 is 0 Å². The first kappa shape index (κ1) is 12.9. The van der Waals surface area contributed by atoms with Crippen molar-refractivity contribution < 1.29 is 9.53 Å². The molecule has 1 aliphatic rings. The molecule has 1 saturated carbocycles. The molecule has 0 N–H and O–H groups in total. The predicted molar refractivity (Wildman–Crippen MR) is 71.6 cm³/mol. The highest BCUT2D eigenvalue weighted by atomic mass is 16.5. The number of amides is 1. The first-order chi connectivity index (χ1) is 8.45. The Balaban J connectivity index is 2.15. The predicted octanol–water partition coefficient (Wildman–Crippen LogP) is 3.41. The zero-order valence-corrected chi connectivity index (χ0v) is 11.5. The molecule has 2 atom stereocenters. The number of nitrogens with zero attached hydrogens (tertiary/aromatic N) is 1. The lowest BCUT2D eigenvalue weighted by Gasteiger charge is -2.35. The summed E-state index contributed by atoms with van der Waals surface area (Å²) in [4.78, 5) is 13.8. The van der Waals surface area contributed by atoms with E-state index in [4.69, 9.17) is 4.74 Å². The van der Waals surface area contributed by atoms with Crippen LogP contribution in [0.15, 0.2) is 30.3 Å². The van der Waals surface area contributed by atoms with E-state index in [1.807, 2.05) is 43.9 Å². The van der Waals surface area contributed by atoms with E-state index in [1.54, 1.807) is 0 Å². The molecule has 3 heteroatoms. The second-order valence-corrected chi connectivity index (χ2v) is 5.83. The molecule has 1 fully saturated rings. The van der Waals surface area contributed by atoms with Gasteiger partial charge in [-0.2, -0.15) is 0 Å². The summed E-state index contributed by atoms with van der Waals surface area (Å²) in [6.45, 7) is 6.14. The summed E-state index contributed by atoms with van der Waals surface area (Å²) in [5, 5.41) is 0. The molecule has 1 aliphatic carbocycles. The average Bonchev–Trinajstić information content (AvgIpc) is 3.08. The van der Waals surface area contributed by atoms with Crippen molar-refractivity contribution in [1.82, 2.24) is 4.90 Å². The minimum Gasteiger partial charge on any atom is -0.453 e. The number of hydrogen-bond acceptors (Lipinski definition) is 2. The number of benzene rings is 1. The quantitative estimate of drug-likeness (QED) is 0.801. The Labute approximate surface area is 109 Å². The van der Waals surface area contributed by atoms with E-state index in [1.165, 1.54) is 12.7 Å². The van der Waals surface area contributed by atoms with Crippen LogP contribution in [0.3, 0.4) is 0 Å². The van der Waals surface area contributed by atoms with E-state index >= 15 is 0 Å². The van der Waals surface area contributed by atoms with E-state index in [0.29, 0.717) is 5.92 Å².